The molecule has 1 rings (SSSR count). The van der Waals surface area contributed by atoms with E-state index in [1.165, 1.54) is 0 Å². The average molecular weight is 546 g/mol. The number of nitrogens with two attached hydrogens (primary N) is 1. The third kappa shape index (κ3) is 20.3. The molecule has 0 aliphatic carbocycles. The first-order valence-electron chi connectivity index (χ1n) is 12.4. The standard InChI is InChI=1S/C25H39NO12/c26-21-1-3-22(4-2-21)37-19-17-35-15-13-33-11-9-31-7-8-32-10-12-34-14-16-36-18-20-38-24(28)6-5-23(27)25(29)30/h1-4H,5-20,26H2,(H,29,30). The van der Waals surface area contributed by atoms with Crippen molar-refractivity contribution < 1.29 is 57.4 Å². The smallest absolute Gasteiger partial charge is 0.372 e. The number of nitrogen functional groups attached to an aromatic ring is 1. The number of Topliss-reactive ketones (excluding diaryl/α,β-unsaturated/α-hetero) is 1. The quantitative estimate of drug-likeness (QED) is 0.0723. The Bertz CT molecular complexity index is 759. The van der Waals surface area contributed by atoms with E-state index in [9.17, 15) is 14.4 Å². The van der Waals surface area contributed by atoms with Crippen molar-refractivity contribution in [2.24, 2.45) is 0 Å². The van der Waals surface area contributed by atoms with Gasteiger partial charge in [0.2, 0.25) is 5.78 Å². The van der Waals surface area contributed by atoms with Crippen molar-refractivity contribution in [3.8, 4) is 5.75 Å². The highest BCUT2D eigenvalue weighted by Gasteiger charge is 2.14. The Kier molecular flexibility index (Phi) is 20.4. The molecule has 0 atom stereocenters. The number of anilines is 1. The lowest BCUT2D eigenvalue weighted by Gasteiger charge is -2.09. The number of carboxylic acid groups (broad SMARTS) is 1. The van der Waals surface area contributed by atoms with E-state index in [4.69, 9.17) is 48.7 Å². The van der Waals surface area contributed by atoms with Crippen molar-refractivity contribution >= 4 is 23.4 Å². The van der Waals surface area contributed by atoms with Crippen LogP contribution in [-0.2, 0) is 47.5 Å². The van der Waals surface area contributed by atoms with Gasteiger partial charge in [0, 0.05) is 12.1 Å². The molecule has 0 aliphatic rings. The lowest BCUT2D eigenvalue weighted by Crippen LogP contribution is -2.17. The predicted octanol–water partition coefficient (Wildman–Crippen LogP) is 0.724. The fourth-order valence-electron chi connectivity index (χ4n) is 2.59. The average Bonchev–Trinajstić information content (AvgIpc) is 2.91. The number of ketones is 1. The predicted molar refractivity (Wildman–Crippen MR) is 134 cm³/mol. The van der Waals surface area contributed by atoms with Gasteiger partial charge in [-0.05, 0) is 24.3 Å². The maximum absolute atomic E-state index is 11.3. The summed E-state index contributed by atoms with van der Waals surface area (Å²) >= 11 is 0. The van der Waals surface area contributed by atoms with E-state index in [2.05, 4.69) is 0 Å². The first-order chi connectivity index (χ1) is 18.5. The second-order valence-corrected chi connectivity index (χ2v) is 7.54. The second-order valence-electron chi connectivity index (χ2n) is 7.54. The van der Waals surface area contributed by atoms with Crippen LogP contribution in [0.1, 0.15) is 12.8 Å². The zero-order valence-electron chi connectivity index (χ0n) is 21.6. The number of rotatable bonds is 26. The summed E-state index contributed by atoms with van der Waals surface area (Å²) in [7, 11) is 0. The highest BCUT2D eigenvalue weighted by Crippen LogP contribution is 2.12. The molecule has 0 unspecified atom stereocenters. The minimum atomic E-state index is -1.56. The van der Waals surface area contributed by atoms with Gasteiger partial charge in [-0.1, -0.05) is 0 Å². The molecule has 1 aromatic rings. The van der Waals surface area contributed by atoms with Gasteiger partial charge >= 0.3 is 11.9 Å². The van der Waals surface area contributed by atoms with E-state index in [-0.39, 0.29) is 26.1 Å². The minimum absolute atomic E-state index is 0.0173. The van der Waals surface area contributed by atoms with Crippen LogP contribution < -0.4 is 10.5 Å². The van der Waals surface area contributed by atoms with Gasteiger partial charge in [-0.2, -0.15) is 0 Å². The molecule has 216 valence electrons. The Balaban J connectivity index is 1.71. The van der Waals surface area contributed by atoms with Crippen molar-refractivity contribution in [2.75, 3.05) is 98.2 Å². The van der Waals surface area contributed by atoms with Gasteiger partial charge in [0.05, 0.1) is 85.7 Å². The van der Waals surface area contributed by atoms with Crippen LogP contribution in [0.5, 0.6) is 5.75 Å². The van der Waals surface area contributed by atoms with Crippen LogP contribution in [0.2, 0.25) is 0 Å². The molecule has 0 saturated carbocycles. The van der Waals surface area contributed by atoms with Gasteiger partial charge in [0.25, 0.3) is 0 Å². The molecule has 0 amide bonds. The number of aliphatic carboxylic acids is 1. The van der Waals surface area contributed by atoms with Gasteiger partial charge in [-0.3, -0.25) is 9.59 Å². The summed E-state index contributed by atoms with van der Waals surface area (Å²) < 4.78 is 42.6. The highest BCUT2D eigenvalue weighted by atomic mass is 16.6. The fourth-order valence-corrected chi connectivity index (χ4v) is 2.59. The minimum Gasteiger partial charge on any atom is -0.491 e. The number of carbonyl (C=O) groups excluding carboxylic acids is 2. The molecule has 0 aromatic heterocycles. The summed E-state index contributed by atoms with van der Waals surface area (Å²) in [5, 5.41) is 8.42. The highest BCUT2D eigenvalue weighted by molar-refractivity contribution is 6.32. The molecule has 0 spiro atoms. The van der Waals surface area contributed by atoms with E-state index in [0.29, 0.717) is 85.0 Å². The third-order valence-corrected chi connectivity index (χ3v) is 4.52. The summed E-state index contributed by atoms with van der Waals surface area (Å²) in [6, 6.07) is 7.19. The fraction of sp³-hybridized carbons (Fsp3) is 0.640. The molecule has 0 saturated heterocycles. The molecule has 13 nitrogen and oxygen atoms in total. The van der Waals surface area contributed by atoms with Crippen LogP contribution in [0.15, 0.2) is 24.3 Å². The number of hydrogen-bond acceptors (Lipinski definition) is 12. The molecular formula is C25H39NO12. The molecule has 1 aromatic carbocycles. The topological polar surface area (TPSA) is 171 Å². The van der Waals surface area contributed by atoms with Crippen LogP contribution in [0.3, 0.4) is 0 Å². The number of carboxylic acids is 1. The van der Waals surface area contributed by atoms with Crippen LogP contribution in [0.25, 0.3) is 0 Å². The Morgan fingerprint density at radius 1 is 0.579 bits per heavy atom. The SMILES string of the molecule is Nc1ccc(OCCOCCOCCOCCOCCOCCOCCOC(=O)CCC(=O)C(=O)O)cc1. The number of carbonyl (C=O) groups is 3. The van der Waals surface area contributed by atoms with Crippen LogP contribution in [0, 0.1) is 0 Å². The first-order valence-corrected chi connectivity index (χ1v) is 12.4. The monoisotopic (exact) mass is 545 g/mol. The van der Waals surface area contributed by atoms with Crippen molar-refractivity contribution in [3.63, 3.8) is 0 Å². The Labute approximate surface area is 222 Å². The van der Waals surface area contributed by atoms with Crippen LogP contribution >= 0.6 is 0 Å². The zero-order chi connectivity index (χ0) is 27.7. The van der Waals surface area contributed by atoms with Gasteiger partial charge in [0.15, 0.2) is 0 Å². The Hall–Kier alpha value is -2.81. The number of ether oxygens (including phenoxy) is 8. The molecule has 3 N–H and O–H groups in total. The zero-order valence-corrected chi connectivity index (χ0v) is 21.6. The lowest BCUT2D eigenvalue weighted by atomic mass is 10.2. The Morgan fingerprint density at radius 2 is 0.974 bits per heavy atom. The molecule has 0 bridgehead atoms. The summed E-state index contributed by atoms with van der Waals surface area (Å²) in [5.41, 5.74) is 6.31. The molecule has 0 radical (unpaired) electrons. The molecule has 13 heteroatoms. The van der Waals surface area contributed by atoms with E-state index < -0.39 is 17.7 Å². The van der Waals surface area contributed by atoms with Gasteiger partial charge < -0.3 is 48.7 Å². The molecular weight excluding hydrogens is 506 g/mol. The van der Waals surface area contributed by atoms with E-state index in [0.717, 1.165) is 5.75 Å². The summed E-state index contributed by atoms with van der Waals surface area (Å²) in [5.74, 6) is -2.48. The largest absolute Gasteiger partial charge is 0.491 e. The van der Waals surface area contributed by atoms with Crippen molar-refractivity contribution in [1.82, 2.24) is 0 Å². The summed E-state index contributed by atoms with van der Waals surface area (Å²) in [4.78, 5) is 32.5. The summed E-state index contributed by atoms with van der Waals surface area (Å²) in [6.45, 7) is 5.41. The maximum Gasteiger partial charge on any atom is 0.372 e. The van der Waals surface area contributed by atoms with Crippen molar-refractivity contribution in [1.29, 1.82) is 0 Å². The van der Waals surface area contributed by atoms with Gasteiger partial charge in [-0.25, -0.2) is 4.79 Å². The molecule has 0 heterocycles. The van der Waals surface area contributed by atoms with Crippen LogP contribution in [-0.4, -0.2) is 115 Å². The van der Waals surface area contributed by atoms with Gasteiger partial charge in [-0.15, -0.1) is 0 Å². The lowest BCUT2D eigenvalue weighted by molar-refractivity contribution is -0.151. The third-order valence-electron chi connectivity index (χ3n) is 4.52. The molecule has 0 aliphatic heterocycles. The normalized spacial score (nSPS) is 10.8. The van der Waals surface area contributed by atoms with Gasteiger partial charge in [0.1, 0.15) is 19.0 Å². The van der Waals surface area contributed by atoms with E-state index >= 15 is 0 Å². The number of benzene rings is 1. The Morgan fingerprint density at radius 3 is 1.39 bits per heavy atom. The van der Waals surface area contributed by atoms with Crippen molar-refractivity contribution in [2.45, 2.75) is 12.8 Å². The van der Waals surface area contributed by atoms with E-state index in [1.54, 1.807) is 12.1 Å². The van der Waals surface area contributed by atoms with E-state index in [1.807, 2.05) is 12.1 Å². The van der Waals surface area contributed by atoms with Crippen LogP contribution in [0.4, 0.5) is 5.69 Å². The summed E-state index contributed by atoms with van der Waals surface area (Å²) in [6.07, 6.45) is -0.654. The maximum atomic E-state index is 11.3. The second kappa shape index (κ2) is 23.3. The van der Waals surface area contributed by atoms with Crippen molar-refractivity contribution in [3.05, 3.63) is 24.3 Å². The molecule has 38 heavy (non-hydrogen) atoms. The molecule has 0 fully saturated rings. The first kappa shape index (κ1) is 33.2. The number of hydrogen-bond donors (Lipinski definition) is 2. The number of esters is 1.